The molecule has 160 valence electrons. The summed E-state index contributed by atoms with van der Waals surface area (Å²) in [5, 5.41) is 1.62. The number of nitrogens with one attached hydrogen (secondary N) is 1. The molecule has 2 aromatic heterocycles. The van der Waals surface area contributed by atoms with Crippen LogP contribution in [0.15, 0.2) is 83.9 Å². The number of hydrogen-bond donors (Lipinski definition) is 1. The van der Waals surface area contributed by atoms with Gasteiger partial charge >= 0.3 is 0 Å². The minimum absolute atomic E-state index is 0.0154. The summed E-state index contributed by atoms with van der Waals surface area (Å²) in [5.74, 6) is 0.0154. The molecule has 0 aliphatic carbocycles. The first kappa shape index (κ1) is 19.4. The Morgan fingerprint density at radius 1 is 0.909 bits per heavy atom. The monoisotopic (exact) mass is 432 g/mol. The van der Waals surface area contributed by atoms with Gasteiger partial charge in [0.25, 0.3) is 11.5 Å². The van der Waals surface area contributed by atoms with Crippen molar-refractivity contribution >= 4 is 27.7 Å². The van der Waals surface area contributed by atoms with Gasteiger partial charge in [0, 0.05) is 30.6 Å². The Bertz CT molecular complexity index is 1610. The van der Waals surface area contributed by atoms with Crippen LogP contribution in [0.4, 0.5) is 0 Å². The molecule has 5 aromatic rings. The lowest BCUT2D eigenvalue weighted by molar-refractivity contribution is 0.0780. The van der Waals surface area contributed by atoms with Crippen LogP contribution < -0.4 is 5.56 Å². The van der Waals surface area contributed by atoms with E-state index in [1.165, 1.54) is 6.33 Å². The number of amides is 1. The van der Waals surface area contributed by atoms with Gasteiger partial charge in [0.2, 0.25) is 0 Å². The van der Waals surface area contributed by atoms with Gasteiger partial charge in [-0.15, -0.1) is 0 Å². The predicted octanol–water partition coefficient (Wildman–Crippen LogP) is 4.34. The third-order valence-corrected chi connectivity index (χ3v) is 6.26. The minimum atomic E-state index is -0.190. The molecule has 1 aliphatic heterocycles. The molecule has 0 unspecified atom stereocenters. The van der Waals surface area contributed by atoms with Gasteiger partial charge in [0.05, 0.1) is 28.3 Å². The SMILES string of the molecule is O=C1c2c(cccc2-c2ccc3nc[nH]c(=O)c3c2)CN1CCc1ccc2ccccc2n1. The molecule has 0 radical (unpaired) electrons. The van der Waals surface area contributed by atoms with E-state index in [1.807, 2.05) is 71.6 Å². The van der Waals surface area contributed by atoms with Crippen LogP contribution in [0, 0.1) is 0 Å². The highest BCUT2D eigenvalue weighted by Gasteiger charge is 2.30. The van der Waals surface area contributed by atoms with Crippen LogP contribution in [-0.2, 0) is 13.0 Å². The number of fused-ring (bicyclic) bond motifs is 3. The Hall–Kier alpha value is -4.32. The van der Waals surface area contributed by atoms with E-state index in [4.69, 9.17) is 4.98 Å². The fourth-order valence-electron chi connectivity index (χ4n) is 4.57. The van der Waals surface area contributed by atoms with Gasteiger partial charge in [-0.3, -0.25) is 14.6 Å². The molecule has 0 bridgehead atoms. The van der Waals surface area contributed by atoms with Crippen molar-refractivity contribution in [3.05, 3.63) is 106 Å². The second-order valence-electron chi connectivity index (χ2n) is 8.28. The van der Waals surface area contributed by atoms with Crippen molar-refractivity contribution in [2.45, 2.75) is 13.0 Å². The summed E-state index contributed by atoms with van der Waals surface area (Å²) in [6, 6.07) is 23.6. The van der Waals surface area contributed by atoms with Crippen LogP contribution >= 0.6 is 0 Å². The van der Waals surface area contributed by atoms with Crippen LogP contribution in [0.3, 0.4) is 0 Å². The lowest BCUT2D eigenvalue weighted by atomic mass is 9.96. The molecular weight excluding hydrogens is 412 g/mol. The van der Waals surface area contributed by atoms with E-state index in [-0.39, 0.29) is 11.5 Å². The standard InChI is InChI=1S/C27H20N4O2/c32-26-22-14-18(9-11-24(22)28-16-29-26)21-6-3-5-19-15-31(27(33)25(19)21)13-12-20-10-8-17-4-1-2-7-23(17)30-20/h1-11,14,16H,12-13,15H2,(H,28,29,32). The Morgan fingerprint density at radius 2 is 1.82 bits per heavy atom. The number of H-pyrrole nitrogens is 1. The highest BCUT2D eigenvalue weighted by molar-refractivity contribution is 6.05. The number of hydrogen-bond acceptors (Lipinski definition) is 4. The van der Waals surface area contributed by atoms with Crippen LogP contribution in [0.2, 0.25) is 0 Å². The fourth-order valence-corrected chi connectivity index (χ4v) is 4.57. The molecule has 6 heteroatoms. The zero-order valence-electron chi connectivity index (χ0n) is 17.8. The lowest BCUT2D eigenvalue weighted by Crippen LogP contribution is -2.26. The summed E-state index contributed by atoms with van der Waals surface area (Å²) in [6.45, 7) is 1.17. The van der Waals surface area contributed by atoms with Gasteiger partial charge in [-0.2, -0.15) is 0 Å². The number of nitrogens with zero attached hydrogens (tertiary/aromatic N) is 3. The highest BCUT2D eigenvalue weighted by Crippen LogP contribution is 2.33. The number of pyridine rings is 1. The summed E-state index contributed by atoms with van der Waals surface area (Å²) in [6.07, 6.45) is 2.09. The summed E-state index contributed by atoms with van der Waals surface area (Å²) in [5.41, 5.74) is 5.77. The number of para-hydroxylation sites is 1. The van der Waals surface area contributed by atoms with E-state index >= 15 is 0 Å². The minimum Gasteiger partial charge on any atom is -0.334 e. The normalized spacial score (nSPS) is 13.1. The lowest BCUT2D eigenvalue weighted by Gasteiger charge is -2.15. The third kappa shape index (κ3) is 3.36. The molecule has 33 heavy (non-hydrogen) atoms. The number of aromatic amines is 1. The Labute approximate surface area is 189 Å². The highest BCUT2D eigenvalue weighted by atomic mass is 16.2. The first-order chi connectivity index (χ1) is 16.2. The van der Waals surface area contributed by atoms with Crippen molar-refractivity contribution in [2.75, 3.05) is 6.54 Å². The van der Waals surface area contributed by atoms with E-state index < -0.39 is 0 Å². The smallest absolute Gasteiger partial charge is 0.258 e. The van der Waals surface area contributed by atoms with Crippen molar-refractivity contribution in [2.24, 2.45) is 0 Å². The molecule has 1 amide bonds. The van der Waals surface area contributed by atoms with Gasteiger partial charge < -0.3 is 9.88 Å². The number of carbonyl (C=O) groups is 1. The van der Waals surface area contributed by atoms with Crippen molar-refractivity contribution in [3.63, 3.8) is 0 Å². The molecule has 6 nitrogen and oxygen atoms in total. The predicted molar refractivity (Wildman–Crippen MR) is 128 cm³/mol. The van der Waals surface area contributed by atoms with Crippen LogP contribution in [0.5, 0.6) is 0 Å². The molecule has 0 spiro atoms. The molecule has 3 aromatic carbocycles. The average Bonchev–Trinajstić information content (AvgIpc) is 3.18. The van der Waals surface area contributed by atoms with E-state index in [2.05, 4.69) is 16.0 Å². The van der Waals surface area contributed by atoms with E-state index in [0.29, 0.717) is 36.0 Å². The summed E-state index contributed by atoms with van der Waals surface area (Å²) < 4.78 is 0. The maximum atomic E-state index is 13.4. The number of aromatic nitrogens is 3. The first-order valence-electron chi connectivity index (χ1n) is 10.9. The molecule has 0 atom stereocenters. The van der Waals surface area contributed by atoms with Crippen molar-refractivity contribution in [1.29, 1.82) is 0 Å². The van der Waals surface area contributed by atoms with E-state index in [9.17, 15) is 9.59 Å². The maximum Gasteiger partial charge on any atom is 0.258 e. The quantitative estimate of drug-likeness (QED) is 0.458. The van der Waals surface area contributed by atoms with E-state index in [1.54, 1.807) is 0 Å². The van der Waals surface area contributed by atoms with Crippen molar-refractivity contribution < 1.29 is 4.79 Å². The maximum absolute atomic E-state index is 13.4. The Balaban J connectivity index is 1.29. The molecule has 1 N–H and O–H groups in total. The molecule has 6 rings (SSSR count). The summed E-state index contributed by atoms with van der Waals surface area (Å²) >= 11 is 0. The van der Waals surface area contributed by atoms with Gasteiger partial charge in [0.1, 0.15) is 0 Å². The average molecular weight is 432 g/mol. The summed E-state index contributed by atoms with van der Waals surface area (Å²) in [7, 11) is 0. The van der Waals surface area contributed by atoms with Crippen molar-refractivity contribution in [1.82, 2.24) is 19.9 Å². The van der Waals surface area contributed by atoms with Gasteiger partial charge in [0.15, 0.2) is 0 Å². The van der Waals surface area contributed by atoms with Gasteiger partial charge in [-0.05, 0) is 41.0 Å². The van der Waals surface area contributed by atoms with Gasteiger partial charge in [-0.25, -0.2) is 4.98 Å². The second kappa shape index (κ2) is 7.67. The van der Waals surface area contributed by atoms with Crippen LogP contribution in [-0.4, -0.2) is 32.3 Å². The molecular formula is C27H20N4O2. The number of carbonyl (C=O) groups excluding carboxylic acids is 1. The summed E-state index contributed by atoms with van der Waals surface area (Å²) in [4.78, 5) is 39.1. The Kier molecular flexibility index (Phi) is 4.50. The number of benzene rings is 3. The molecule has 0 saturated carbocycles. The molecule has 0 fully saturated rings. The zero-order valence-corrected chi connectivity index (χ0v) is 17.8. The van der Waals surface area contributed by atoms with Gasteiger partial charge in [-0.1, -0.05) is 48.5 Å². The van der Waals surface area contributed by atoms with Crippen LogP contribution in [0.1, 0.15) is 21.6 Å². The largest absolute Gasteiger partial charge is 0.334 e. The van der Waals surface area contributed by atoms with Crippen LogP contribution in [0.25, 0.3) is 32.9 Å². The van der Waals surface area contributed by atoms with E-state index in [0.717, 1.165) is 33.3 Å². The van der Waals surface area contributed by atoms with Crippen molar-refractivity contribution in [3.8, 4) is 11.1 Å². The molecule has 1 aliphatic rings. The third-order valence-electron chi connectivity index (χ3n) is 6.26. The fraction of sp³-hybridized carbons (Fsp3) is 0.111. The molecule has 0 saturated heterocycles. The molecule has 3 heterocycles. The first-order valence-corrected chi connectivity index (χ1v) is 10.9. The number of rotatable bonds is 4. The second-order valence-corrected chi connectivity index (χ2v) is 8.28. The Morgan fingerprint density at radius 3 is 2.76 bits per heavy atom. The zero-order chi connectivity index (χ0) is 22.4. The topological polar surface area (TPSA) is 79.0 Å².